The van der Waals surface area contributed by atoms with Crippen molar-refractivity contribution in [2.75, 3.05) is 6.61 Å². The predicted octanol–water partition coefficient (Wildman–Crippen LogP) is 8.29. The molecule has 6 rings (SSSR count). The molecular weight excluding hydrogens is 721 g/mol. The number of allylic oxidation sites excluding steroid dienone is 6. The van der Waals surface area contributed by atoms with Gasteiger partial charge in [0.2, 0.25) is 5.78 Å². The van der Waals surface area contributed by atoms with Crippen LogP contribution < -0.4 is 0 Å². The first kappa shape index (κ1) is 42.9. The zero-order valence-electron chi connectivity index (χ0n) is 34.2. The van der Waals surface area contributed by atoms with Crippen LogP contribution in [0.4, 0.5) is 4.79 Å². The molecule has 5 aliphatic rings. The van der Waals surface area contributed by atoms with Crippen molar-refractivity contribution in [1.29, 1.82) is 0 Å². The van der Waals surface area contributed by atoms with E-state index in [1.165, 1.54) is 11.1 Å². The molecule has 9 heteroatoms. The number of hydrogen-bond donors (Lipinski definition) is 3. The molecule has 310 valence electrons. The fourth-order valence-corrected chi connectivity index (χ4v) is 11.0. The van der Waals surface area contributed by atoms with Crippen molar-refractivity contribution in [3.05, 3.63) is 83.5 Å². The molecule has 0 spiro atoms. The summed E-state index contributed by atoms with van der Waals surface area (Å²) in [7, 11) is 0. The van der Waals surface area contributed by atoms with Crippen molar-refractivity contribution < 1.29 is 44.0 Å². The van der Waals surface area contributed by atoms with Crippen molar-refractivity contribution in [2.24, 2.45) is 34.5 Å². The lowest BCUT2D eigenvalue weighted by atomic mass is 9.50. The molecule has 0 saturated heterocycles. The van der Waals surface area contributed by atoms with Gasteiger partial charge in [0, 0.05) is 42.4 Å². The van der Waals surface area contributed by atoms with E-state index in [1.54, 1.807) is 6.08 Å². The third kappa shape index (κ3) is 9.31. The zero-order chi connectivity index (χ0) is 40.8. The maximum Gasteiger partial charge on any atom is 0.509 e. The number of rotatable bonds is 17. The van der Waals surface area contributed by atoms with Gasteiger partial charge < -0.3 is 24.8 Å². The molecule has 0 heterocycles. The minimum absolute atomic E-state index is 0.104. The zero-order valence-corrected chi connectivity index (χ0v) is 34.2. The van der Waals surface area contributed by atoms with Crippen LogP contribution in [0.3, 0.4) is 0 Å². The average Bonchev–Trinajstić information content (AvgIpc) is 3.63. The number of aliphatic hydroxyl groups excluding tert-OH is 2. The van der Waals surface area contributed by atoms with Crippen molar-refractivity contribution in [3.63, 3.8) is 0 Å². The molecule has 3 N–H and O–H groups in total. The van der Waals surface area contributed by atoms with Gasteiger partial charge in [0.15, 0.2) is 12.4 Å². The van der Waals surface area contributed by atoms with Gasteiger partial charge in [-0.05, 0) is 113 Å². The monoisotopic (exact) mass is 784 g/mol. The van der Waals surface area contributed by atoms with Crippen LogP contribution in [0.1, 0.15) is 123 Å². The van der Waals surface area contributed by atoms with Crippen molar-refractivity contribution >= 4 is 23.5 Å². The average molecular weight is 785 g/mol. The maximum absolute atomic E-state index is 13.9. The topological polar surface area (TPSA) is 147 Å². The van der Waals surface area contributed by atoms with E-state index in [0.29, 0.717) is 57.8 Å². The van der Waals surface area contributed by atoms with Gasteiger partial charge in [0.25, 0.3) is 0 Å². The Hall–Kier alpha value is -3.66. The van der Waals surface area contributed by atoms with E-state index < -0.39 is 47.9 Å². The Bertz CT molecular complexity index is 1740. The number of aryl methyl sites for hydroxylation is 1. The third-order valence-corrected chi connectivity index (χ3v) is 14.5. The van der Waals surface area contributed by atoms with Gasteiger partial charge in [-0.15, -0.1) is 0 Å². The highest BCUT2D eigenvalue weighted by molar-refractivity contribution is 5.92. The lowest BCUT2D eigenvalue weighted by molar-refractivity contribution is -0.156. The Labute approximate surface area is 338 Å². The Morgan fingerprint density at radius 2 is 1.79 bits per heavy atom. The molecule has 0 aromatic heterocycles. The van der Waals surface area contributed by atoms with Crippen LogP contribution in [0, 0.1) is 34.5 Å². The molecule has 2 unspecified atom stereocenters. The summed E-state index contributed by atoms with van der Waals surface area (Å²) in [6.07, 6.45) is 18.6. The summed E-state index contributed by atoms with van der Waals surface area (Å²) < 4.78 is 11.3. The summed E-state index contributed by atoms with van der Waals surface area (Å²) in [6.45, 7) is 5.65. The van der Waals surface area contributed by atoms with E-state index in [0.717, 1.165) is 44.1 Å². The molecule has 5 aliphatic carbocycles. The molecule has 1 aromatic carbocycles. The lowest BCUT2D eigenvalue weighted by Crippen LogP contribution is -2.55. The smallest absolute Gasteiger partial charge is 0.427 e. The van der Waals surface area contributed by atoms with E-state index in [2.05, 4.69) is 13.0 Å². The lowest BCUT2D eigenvalue weighted by Gasteiger charge is -2.54. The first-order chi connectivity index (χ1) is 27.3. The van der Waals surface area contributed by atoms with Crippen LogP contribution >= 0.6 is 0 Å². The first-order valence-electron chi connectivity index (χ1n) is 21.6. The van der Waals surface area contributed by atoms with Gasteiger partial charge in [0.1, 0.15) is 17.5 Å². The van der Waals surface area contributed by atoms with Gasteiger partial charge in [-0.25, -0.2) is 4.79 Å². The molecule has 3 fully saturated rings. The molecule has 0 radical (unpaired) electrons. The molecule has 3 saturated carbocycles. The highest BCUT2D eigenvalue weighted by Crippen LogP contribution is 2.65. The minimum Gasteiger partial charge on any atom is -0.427 e. The van der Waals surface area contributed by atoms with Crippen LogP contribution in [-0.2, 0) is 30.3 Å². The van der Waals surface area contributed by atoms with Crippen LogP contribution in [0.15, 0.2) is 77.9 Å². The van der Waals surface area contributed by atoms with Crippen LogP contribution in [0.25, 0.3) is 0 Å². The molecule has 57 heavy (non-hydrogen) atoms. The number of ether oxygens (including phenoxy) is 2. The second-order valence-electron chi connectivity index (χ2n) is 17.9. The van der Waals surface area contributed by atoms with E-state index in [-0.39, 0.29) is 47.1 Å². The van der Waals surface area contributed by atoms with E-state index in [1.807, 2.05) is 68.5 Å². The molecule has 1 aromatic rings. The summed E-state index contributed by atoms with van der Waals surface area (Å²) in [5, 5.41) is 33.9. The van der Waals surface area contributed by atoms with E-state index in [4.69, 9.17) is 9.47 Å². The van der Waals surface area contributed by atoms with Crippen LogP contribution in [0.5, 0.6) is 0 Å². The number of fused-ring (bicyclic) bond motifs is 5. The van der Waals surface area contributed by atoms with Gasteiger partial charge in [0.05, 0.1) is 12.2 Å². The number of benzene rings is 1. The fourth-order valence-electron chi connectivity index (χ4n) is 11.0. The second kappa shape index (κ2) is 18.5. The third-order valence-electron chi connectivity index (χ3n) is 14.5. The highest BCUT2D eigenvalue weighted by atomic mass is 16.7. The van der Waals surface area contributed by atoms with Crippen LogP contribution in [0.2, 0.25) is 0 Å². The summed E-state index contributed by atoms with van der Waals surface area (Å²) in [5.74, 6) is -0.289. The number of ketones is 3. The summed E-state index contributed by atoms with van der Waals surface area (Å²) in [4.78, 5) is 51.2. The Kier molecular flexibility index (Phi) is 13.9. The van der Waals surface area contributed by atoms with Gasteiger partial charge in [-0.2, -0.15) is 0 Å². The van der Waals surface area contributed by atoms with Crippen molar-refractivity contribution in [3.8, 4) is 0 Å². The number of carbonyl (C=O) groups excluding carboxylic acids is 4. The molecule has 9 nitrogen and oxygen atoms in total. The highest BCUT2D eigenvalue weighted by Gasteiger charge is 2.64. The van der Waals surface area contributed by atoms with Gasteiger partial charge in [-0.3, -0.25) is 14.4 Å². The molecular formula is C48H64O9. The number of carbonyl (C=O) groups is 4. The second-order valence-corrected chi connectivity index (χ2v) is 17.9. The number of aliphatic hydroxyl groups is 3. The normalized spacial score (nSPS) is 34.0. The fraction of sp³-hybridized carbons (Fsp3) is 0.625. The Morgan fingerprint density at radius 3 is 2.56 bits per heavy atom. The quantitative estimate of drug-likeness (QED) is 0.0807. The van der Waals surface area contributed by atoms with Crippen molar-refractivity contribution in [1.82, 2.24) is 0 Å². The summed E-state index contributed by atoms with van der Waals surface area (Å²) in [5.41, 5.74) is 1.13. The molecule has 0 aliphatic heterocycles. The number of Topliss-reactive ketones (excluding diaryl/α,β-unsaturated/α-hetero) is 2. The van der Waals surface area contributed by atoms with E-state index >= 15 is 0 Å². The SMILES string of the molecule is CCCC(=O)CCC/C=C\C[C@@H]1[C@@H](/C=C/[C@H](CCc2ccccc2)OC(=O)OCC(=O)[C@@]2(O)CC[C@H]3[C@@H]4CCC5=CC(=O)CCC5(C)C4=CCC32C)[C@H](O)C[C@@H]1O. The predicted molar refractivity (Wildman–Crippen MR) is 218 cm³/mol. The summed E-state index contributed by atoms with van der Waals surface area (Å²) >= 11 is 0. The molecule has 10 atom stereocenters. The molecule has 0 amide bonds. The summed E-state index contributed by atoms with van der Waals surface area (Å²) in [6, 6.07) is 9.82. The van der Waals surface area contributed by atoms with Crippen molar-refractivity contribution in [2.45, 2.75) is 147 Å². The van der Waals surface area contributed by atoms with Crippen LogP contribution in [-0.4, -0.2) is 69.3 Å². The Balaban J connectivity index is 1.08. The van der Waals surface area contributed by atoms with Gasteiger partial charge >= 0.3 is 6.16 Å². The number of unbranched alkanes of at least 4 members (excludes halogenated alkanes) is 1. The van der Waals surface area contributed by atoms with E-state index in [9.17, 15) is 34.5 Å². The number of hydrogen-bond acceptors (Lipinski definition) is 9. The van der Waals surface area contributed by atoms with Gasteiger partial charge in [-0.1, -0.05) is 86.6 Å². The standard InChI is InChI=1S/C48H64O9/c1-4-12-34(49)15-10-5-6-11-16-37-38(43(52)30-42(37)51)22-20-36(19-17-32-13-8-7-9-14-32)57-45(54)56-31-44(53)48(55)28-25-41-39-21-18-33-29-35(50)23-26-46(33,2)40(39)24-27-47(41,48)3/h6-9,11,13-14,20,22,24,29,36-39,41-43,51-52,55H,4-5,10,12,15-19,21,23,25-28,30-31H2,1-3H3/b11-6-,22-20+/t36-,37+,38+,39+,41-,42-,43+,46?,47?,48-/m0/s1. The largest absolute Gasteiger partial charge is 0.509 e. The first-order valence-corrected chi connectivity index (χ1v) is 21.6. The minimum atomic E-state index is -1.65. The Morgan fingerprint density at radius 1 is 1.00 bits per heavy atom. The molecule has 0 bridgehead atoms. The maximum atomic E-state index is 13.9.